The Morgan fingerprint density at radius 2 is 1.76 bits per heavy atom. The van der Waals surface area contributed by atoms with Crippen molar-refractivity contribution in [3.63, 3.8) is 0 Å². The molecular weight excluding hydrogens is 376 g/mol. The predicted octanol–water partition coefficient (Wildman–Crippen LogP) is 3.81. The van der Waals surface area contributed by atoms with Crippen molar-refractivity contribution >= 4 is 43.3 Å². The van der Waals surface area contributed by atoms with Gasteiger partial charge in [-0.05, 0) is 37.3 Å². The van der Waals surface area contributed by atoms with Crippen LogP contribution in [-0.2, 0) is 10.0 Å². The van der Waals surface area contributed by atoms with Crippen LogP contribution in [0.4, 0.5) is 0 Å². The minimum absolute atomic E-state index is 0.140. The standard InChI is InChI=1S/C14H12BrClN2O2S/c1-10(13-4-2-3-5-14(13)16)17-18-21(19,20)12-8-6-11(15)7-9-12/h2-9,18H,1H3/b17-10-. The molecule has 0 aromatic heterocycles. The molecule has 0 aliphatic carbocycles. The van der Waals surface area contributed by atoms with Crippen LogP contribution in [0.25, 0.3) is 0 Å². The molecular formula is C14H12BrClN2O2S. The first-order valence-corrected chi connectivity index (χ1v) is 8.62. The lowest BCUT2D eigenvalue weighted by Gasteiger charge is -2.06. The van der Waals surface area contributed by atoms with Crippen molar-refractivity contribution in [2.24, 2.45) is 5.10 Å². The van der Waals surface area contributed by atoms with Crippen LogP contribution in [0.3, 0.4) is 0 Å². The zero-order valence-corrected chi connectivity index (χ0v) is 14.2. The average molecular weight is 388 g/mol. The number of hydrazone groups is 1. The fraction of sp³-hybridized carbons (Fsp3) is 0.0714. The van der Waals surface area contributed by atoms with E-state index in [9.17, 15) is 8.42 Å². The summed E-state index contributed by atoms with van der Waals surface area (Å²) in [6, 6.07) is 13.4. The van der Waals surface area contributed by atoms with Gasteiger partial charge in [-0.2, -0.15) is 18.4 Å². The van der Waals surface area contributed by atoms with Gasteiger partial charge < -0.3 is 0 Å². The molecule has 21 heavy (non-hydrogen) atoms. The molecule has 0 aliphatic heterocycles. The molecule has 0 heterocycles. The minimum atomic E-state index is -3.69. The third kappa shape index (κ3) is 4.06. The van der Waals surface area contributed by atoms with Gasteiger partial charge in [0.25, 0.3) is 10.0 Å². The highest BCUT2D eigenvalue weighted by Crippen LogP contribution is 2.17. The van der Waals surface area contributed by atoms with Crippen molar-refractivity contribution in [2.75, 3.05) is 0 Å². The summed E-state index contributed by atoms with van der Waals surface area (Å²) < 4.78 is 25.0. The van der Waals surface area contributed by atoms with Crippen LogP contribution in [-0.4, -0.2) is 14.1 Å². The van der Waals surface area contributed by atoms with Crippen LogP contribution in [0.2, 0.25) is 5.02 Å². The number of nitrogens with one attached hydrogen (secondary N) is 1. The van der Waals surface area contributed by atoms with E-state index < -0.39 is 10.0 Å². The summed E-state index contributed by atoms with van der Waals surface area (Å²) >= 11 is 9.30. The molecule has 0 saturated carbocycles. The van der Waals surface area contributed by atoms with Crippen LogP contribution >= 0.6 is 27.5 Å². The molecule has 0 radical (unpaired) electrons. The summed E-state index contributed by atoms with van der Waals surface area (Å²) in [5, 5.41) is 4.42. The van der Waals surface area contributed by atoms with E-state index in [4.69, 9.17) is 11.6 Å². The maximum absolute atomic E-state index is 12.1. The first kappa shape index (κ1) is 16.0. The van der Waals surface area contributed by atoms with Gasteiger partial charge in [0.15, 0.2) is 0 Å². The van der Waals surface area contributed by atoms with Gasteiger partial charge in [-0.1, -0.05) is 45.7 Å². The molecule has 0 saturated heterocycles. The summed E-state index contributed by atoms with van der Waals surface area (Å²) in [6.07, 6.45) is 0. The van der Waals surface area contributed by atoms with Gasteiger partial charge in [0.1, 0.15) is 0 Å². The second-order valence-corrected chi connectivity index (χ2v) is 7.21. The summed E-state index contributed by atoms with van der Waals surface area (Å²) in [4.78, 5) is 2.35. The zero-order valence-electron chi connectivity index (χ0n) is 11.0. The first-order chi connectivity index (χ1) is 9.90. The third-order valence-corrected chi connectivity index (χ3v) is 4.80. The van der Waals surface area contributed by atoms with E-state index in [1.54, 1.807) is 37.3 Å². The molecule has 2 aromatic carbocycles. The van der Waals surface area contributed by atoms with Crippen molar-refractivity contribution in [3.8, 4) is 0 Å². The average Bonchev–Trinajstić information content (AvgIpc) is 2.46. The van der Waals surface area contributed by atoms with E-state index in [2.05, 4.69) is 25.9 Å². The second kappa shape index (κ2) is 6.60. The lowest BCUT2D eigenvalue weighted by Crippen LogP contribution is -2.20. The first-order valence-electron chi connectivity index (χ1n) is 5.97. The monoisotopic (exact) mass is 386 g/mol. The van der Waals surface area contributed by atoms with Gasteiger partial charge in [-0.15, -0.1) is 0 Å². The normalized spacial score (nSPS) is 12.2. The Balaban J connectivity index is 2.23. The molecule has 0 aliphatic rings. The van der Waals surface area contributed by atoms with E-state index in [1.807, 2.05) is 6.07 Å². The Hall–Kier alpha value is -1.37. The van der Waals surface area contributed by atoms with Crippen molar-refractivity contribution in [3.05, 3.63) is 63.6 Å². The fourth-order valence-corrected chi connectivity index (χ4v) is 3.00. The molecule has 0 amide bonds. The largest absolute Gasteiger partial charge is 0.276 e. The quantitative estimate of drug-likeness (QED) is 0.640. The molecule has 2 rings (SSSR count). The van der Waals surface area contributed by atoms with E-state index in [1.165, 1.54) is 12.1 Å². The van der Waals surface area contributed by atoms with Crippen LogP contribution < -0.4 is 4.83 Å². The topological polar surface area (TPSA) is 58.5 Å². The van der Waals surface area contributed by atoms with Crippen LogP contribution in [0, 0.1) is 0 Å². The third-order valence-electron chi connectivity index (χ3n) is 2.72. The summed E-state index contributed by atoms with van der Waals surface area (Å²) in [6.45, 7) is 1.69. The van der Waals surface area contributed by atoms with Gasteiger partial charge >= 0.3 is 0 Å². The molecule has 0 unspecified atom stereocenters. The lowest BCUT2D eigenvalue weighted by molar-refractivity contribution is 0.584. The smallest absolute Gasteiger partial charge is 0.200 e. The van der Waals surface area contributed by atoms with Gasteiger partial charge in [0, 0.05) is 15.1 Å². The summed E-state index contributed by atoms with van der Waals surface area (Å²) in [5.74, 6) is 0. The van der Waals surface area contributed by atoms with Crippen LogP contribution in [0.1, 0.15) is 12.5 Å². The number of nitrogens with zero attached hydrogens (tertiary/aromatic N) is 1. The Morgan fingerprint density at radius 3 is 2.38 bits per heavy atom. The Bertz CT molecular complexity index is 774. The molecule has 2 aromatic rings. The van der Waals surface area contributed by atoms with Gasteiger partial charge in [0.2, 0.25) is 0 Å². The number of sulfonamides is 1. The van der Waals surface area contributed by atoms with Crippen LogP contribution in [0.5, 0.6) is 0 Å². The van der Waals surface area contributed by atoms with E-state index in [-0.39, 0.29) is 4.90 Å². The van der Waals surface area contributed by atoms with Crippen molar-refractivity contribution < 1.29 is 8.42 Å². The number of hydrogen-bond acceptors (Lipinski definition) is 3. The van der Waals surface area contributed by atoms with Crippen molar-refractivity contribution in [1.29, 1.82) is 0 Å². The van der Waals surface area contributed by atoms with E-state index in [0.717, 1.165) is 4.47 Å². The Labute approximate surface area is 137 Å². The molecule has 110 valence electrons. The Kier molecular flexibility index (Phi) is 5.03. The highest BCUT2D eigenvalue weighted by molar-refractivity contribution is 9.10. The summed E-state index contributed by atoms with van der Waals surface area (Å²) in [5.41, 5.74) is 1.17. The lowest BCUT2D eigenvalue weighted by atomic mass is 10.1. The van der Waals surface area contributed by atoms with Crippen molar-refractivity contribution in [2.45, 2.75) is 11.8 Å². The maximum atomic E-state index is 12.1. The highest BCUT2D eigenvalue weighted by atomic mass is 79.9. The van der Waals surface area contributed by atoms with Crippen molar-refractivity contribution in [1.82, 2.24) is 4.83 Å². The molecule has 0 atom stereocenters. The SMILES string of the molecule is C/C(=N/NS(=O)(=O)c1ccc(Br)cc1)c1ccccc1Cl. The van der Waals surface area contributed by atoms with Gasteiger partial charge in [-0.25, -0.2) is 0 Å². The number of halogens is 2. The second-order valence-electron chi connectivity index (χ2n) is 4.23. The summed E-state index contributed by atoms with van der Waals surface area (Å²) in [7, 11) is -3.69. The predicted molar refractivity (Wildman–Crippen MR) is 88.1 cm³/mol. The molecule has 0 spiro atoms. The number of hydrogen-bond donors (Lipinski definition) is 1. The fourth-order valence-electron chi connectivity index (χ4n) is 1.61. The number of benzene rings is 2. The van der Waals surface area contributed by atoms with E-state index in [0.29, 0.717) is 16.3 Å². The van der Waals surface area contributed by atoms with Gasteiger partial charge in [0.05, 0.1) is 10.6 Å². The molecule has 7 heteroatoms. The highest BCUT2D eigenvalue weighted by Gasteiger charge is 2.13. The molecule has 4 nitrogen and oxygen atoms in total. The minimum Gasteiger partial charge on any atom is -0.200 e. The van der Waals surface area contributed by atoms with E-state index >= 15 is 0 Å². The molecule has 0 fully saturated rings. The molecule has 0 bridgehead atoms. The van der Waals surface area contributed by atoms with Gasteiger partial charge in [-0.3, -0.25) is 0 Å². The number of rotatable bonds is 4. The zero-order chi connectivity index (χ0) is 15.5. The van der Waals surface area contributed by atoms with Crippen LogP contribution in [0.15, 0.2) is 63.0 Å². The molecule has 1 N–H and O–H groups in total. The maximum Gasteiger partial charge on any atom is 0.276 e. The Morgan fingerprint density at radius 1 is 1.14 bits per heavy atom.